The normalized spacial score (nSPS) is 10.6. The number of benzene rings is 2. The molecule has 0 radical (unpaired) electrons. The maximum atomic E-state index is 12.1. The average Bonchev–Trinajstić information content (AvgIpc) is 2.95. The van der Waals surface area contributed by atoms with Gasteiger partial charge in [0.2, 0.25) is 0 Å². The third-order valence-corrected chi connectivity index (χ3v) is 4.45. The summed E-state index contributed by atoms with van der Waals surface area (Å²) < 4.78 is 6.00. The molecule has 6 nitrogen and oxygen atoms in total. The zero-order valence-electron chi connectivity index (χ0n) is 13.3. The lowest BCUT2D eigenvalue weighted by Gasteiger charge is -2.08. The van der Waals surface area contributed by atoms with Crippen LogP contribution in [0.2, 0.25) is 0 Å². The number of carbonyl (C=O) groups is 1. The number of anilines is 2. The number of carbonyl (C=O) groups excluding carboxylic acids is 1. The molecule has 0 atom stereocenters. The quantitative estimate of drug-likeness (QED) is 0.662. The molecule has 0 aliphatic rings. The molecule has 2 amide bonds. The highest BCUT2D eigenvalue weighted by molar-refractivity contribution is 7.22. The first kappa shape index (κ1) is 16.1. The van der Waals surface area contributed by atoms with Crippen molar-refractivity contribution in [1.82, 2.24) is 4.98 Å². The van der Waals surface area contributed by atoms with Crippen molar-refractivity contribution in [2.75, 3.05) is 17.7 Å². The SMILES string of the molecule is CCc1ccc2nc(NC(=O)Nc3ccc(OC)c(O)c3)sc2c1. The van der Waals surface area contributed by atoms with Crippen LogP contribution in [0.1, 0.15) is 12.5 Å². The smallest absolute Gasteiger partial charge is 0.325 e. The van der Waals surface area contributed by atoms with Crippen molar-refractivity contribution in [2.24, 2.45) is 0 Å². The first-order valence-corrected chi connectivity index (χ1v) is 8.25. The largest absolute Gasteiger partial charge is 0.504 e. The van der Waals surface area contributed by atoms with Gasteiger partial charge in [-0.15, -0.1) is 0 Å². The van der Waals surface area contributed by atoms with Gasteiger partial charge in [0.15, 0.2) is 16.6 Å². The summed E-state index contributed by atoms with van der Waals surface area (Å²) in [5.41, 5.74) is 2.55. The number of aromatic nitrogens is 1. The molecule has 3 rings (SSSR count). The molecule has 0 unspecified atom stereocenters. The van der Waals surface area contributed by atoms with E-state index in [9.17, 15) is 9.90 Å². The minimum absolute atomic E-state index is 0.0395. The molecular formula is C17H17N3O3S. The predicted molar refractivity (Wildman–Crippen MR) is 96.3 cm³/mol. The number of amides is 2. The summed E-state index contributed by atoms with van der Waals surface area (Å²) >= 11 is 1.42. The first-order valence-electron chi connectivity index (χ1n) is 7.43. The Labute approximate surface area is 143 Å². The third-order valence-electron chi connectivity index (χ3n) is 3.52. The van der Waals surface area contributed by atoms with Crippen molar-refractivity contribution >= 4 is 38.4 Å². The van der Waals surface area contributed by atoms with Crippen LogP contribution in [-0.4, -0.2) is 23.2 Å². The van der Waals surface area contributed by atoms with Crippen molar-refractivity contribution in [3.05, 3.63) is 42.0 Å². The van der Waals surface area contributed by atoms with E-state index in [-0.39, 0.29) is 5.75 Å². The van der Waals surface area contributed by atoms with E-state index < -0.39 is 6.03 Å². The van der Waals surface area contributed by atoms with E-state index in [4.69, 9.17) is 4.74 Å². The molecule has 0 fully saturated rings. The highest BCUT2D eigenvalue weighted by atomic mass is 32.1. The standard InChI is InChI=1S/C17H17N3O3S/c1-3-10-4-6-12-15(8-10)24-17(19-12)20-16(22)18-11-5-7-14(23-2)13(21)9-11/h4-9,21H,3H2,1-2H3,(H2,18,19,20,22). The maximum absolute atomic E-state index is 12.1. The van der Waals surface area contributed by atoms with Gasteiger partial charge >= 0.3 is 6.03 Å². The summed E-state index contributed by atoms with van der Waals surface area (Å²) in [5.74, 6) is 0.307. The summed E-state index contributed by atoms with van der Waals surface area (Å²) in [6.45, 7) is 2.10. The molecule has 2 aromatic carbocycles. The fraction of sp³-hybridized carbons (Fsp3) is 0.176. The summed E-state index contributed by atoms with van der Waals surface area (Å²) in [7, 11) is 1.46. The molecule has 24 heavy (non-hydrogen) atoms. The molecule has 3 N–H and O–H groups in total. The van der Waals surface area contributed by atoms with Gasteiger partial charge in [-0.25, -0.2) is 9.78 Å². The van der Waals surface area contributed by atoms with Crippen molar-refractivity contribution < 1.29 is 14.6 Å². The van der Waals surface area contributed by atoms with Gasteiger partial charge in [0, 0.05) is 11.8 Å². The molecule has 0 aliphatic heterocycles. The topological polar surface area (TPSA) is 83.5 Å². The van der Waals surface area contributed by atoms with Gasteiger partial charge < -0.3 is 15.2 Å². The molecule has 124 valence electrons. The number of hydrogen-bond acceptors (Lipinski definition) is 5. The molecule has 0 saturated heterocycles. The minimum atomic E-state index is -0.422. The van der Waals surface area contributed by atoms with Gasteiger partial charge in [-0.05, 0) is 36.2 Å². The van der Waals surface area contributed by atoms with Crippen LogP contribution >= 0.6 is 11.3 Å². The van der Waals surface area contributed by atoms with Crippen LogP contribution in [0, 0.1) is 0 Å². The van der Waals surface area contributed by atoms with Gasteiger partial charge in [0.1, 0.15) is 0 Å². The van der Waals surface area contributed by atoms with E-state index in [1.807, 2.05) is 12.1 Å². The molecule has 0 spiro atoms. The summed E-state index contributed by atoms with van der Waals surface area (Å²) in [6, 6.07) is 10.3. The number of aromatic hydroxyl groups is 1. The van der Waals surface area contributed by atoms with Crippen LogP contribution in [0.5, 0.6) is 11.5 Å². The van der Waals surface area contributed by atoms with Crippen LogP contribution in [0.3, 0.4) is 0 Å². The number of phenolic OH excluding ortho intramolecular Hbond substituents is 1. The number of urea groups is 1. The monoisotopic (exact) mass is 343 g/mol. The molecule has 1 heterocycles. The number of fused-ring (bicyclic) bond motifs is 1. The van der Waals surface area contributed by atoms with E-state index in [0.717, 1.165) is 16.6 Å². The fourth-order valence-corrected chi connectivity index (χ4v) is 3.19. The second kappa shape index (κ2) is 6.76. The van der Waals surface area contributed by atoms with Gasteiger partial charge in [0.25, 0.3) is 0 Å². The maximum Gasteiger partial charge on any atom is 0.325 e. The van der Waals surface area contributed by atoms with E-state index in [1.54, 1.807) is 12.1 Å². The number of nitrogens with zero attached hydrogens (tertiary/aromatic N) is 1. The molecule has 7 heteroatoms. The molecule has 0 saturated carbocycles. The predicted octanol–water partition coefficient (Wildman–Crippen LogP) is 4.22. The summed E-state index contributed by atoms with van der Waals surface area (Å²) in [6.07, 6.45) is 0.956. The Morgan fingerprint density at radius 2 is 2.08 bits per heavy atom. The molecule has 0 aliphatic carbocycles. The second-order valence-corrected chi connectivity index (χ2v) is 6.17. The molecular weight excluding hydrogens is 326 g/mol. The first-order chi connectivity index (χ1) is 11.6. The van der Waals surface area contributed by atoms with Gasteiger partial charge in [0.05, 0.1) is 17.3 Å². The highest BCUT2D eigenvalue weighted by Crippen LogP contribution is 2.29. The number of methoxy groups -OCH3 is 1. The van der Waals surface area contributed by atoms with Crippen molar-refractivity contribution in [1.29, 1.82) is 0 Å². The average molecular weight is 343 g/mol. The number of thiazole rings is 1. The van der Waals surface area contributed by atoms with Crippen molar-refractivity contribution in [3.63, 3.8) is 0 Å². The Morgan fingerprint density at radius 3 is 2.79 bits per heavy atom. The Morgan fingerprint density at radius 1 is 1.25 bits per heavy atom. The Bertz CT molecular complexity index is 892. The van der Waals surface area contributed by atoms with Crippen molar-refractivity contribution in [2.45, 2.75) is 13.3 Å². The lowest BCUT2D eigenvalue weighted by molar-refractivity contribution is 0.262. The molecule has 1 aromatic heterocycles. The van der Waals surface area contributed by atoms with E-state index in [0.29, 0.717) is 16.6 Å². The fourth-order valence-electron chi connectivity index (χ4n) is 2.27. The second-order valence-electron chi connectivity index (χ2n) is 5.14. The molecule has 0 bridgehead atoms. The zero-order valence-corrected chi connectivity index (χ0v) is 14.1. The van der Waals surface area contributed by atoms with E-state index >= 15 is 0 Å². The number of phenols is 1. The van der Waals surface area contributed by atoms with Crippen LogP contribution in [0.15, 0.2) is 36.4 Å². The number of nitrogens with one attached hydrogen (secondary N) is 2. The minimum Gasteiger partial charge on any atom is -0.504 e. The number of hydrogen-bond donors (Lipinski definition) is 3. The van der Waals surface area contributed by atoms with Gasteiger partial charge in [-0.3, -0.25) is 5.32 Å². The highest BCUT2D eigenvalue weighted by Gasteiger charge is 2.10. The van der Waals surface area contributed by atoms with Crippen LogP contribution in [-0.2, 0) is 6.42 Å². The van der Waals surface area contributed by atoms with E-state index in [2.05, 4.69) is 28.6 Å². The van der Waals surface area contributed by atoms with Gasteiger partial charge in [-0.1, -0.05) is 24.3 Å². The summed E-state index contributed by atoms with van der Waals surface area (Å²) in [4.78, 5) is 16.5. The number of rotatable bonds is 4. The lowest BCUT2D eigenvalue weighted by atomic mass is 10.2. The lowest BCUT2D eigenvalue weighted by Crippen LogP contribution is -2.19. The summed E-state index contributed by atoms with van der Waals surface area (Å²) in [5, 5.41) is 15.6. The van der Waals surface area contributed by atoms with Gasteiger partial charge in [-0.2, -0.15) is 0 Å². The van der Waals surface area contributed by atoms with Crippen LogP contribution in [0.25, 0.3) is 10.2 Å². The number of aryl methyl sites for hydroxylation is 1. The van der Waals surface area contributed by atoms with Crippen LogP contribution in [0.4, 0.5) is 15.6 Å². The van der Waals surface area contributed by atoms with E-state index in [1.165, 1.54) is 30.1 Å². The Balaban J connectivity index is 1.71. The van der Waals surface area contributed by atoms with Crippen molar-refractivity contribution in [3.8, 4) is 11.5 Å². The van der Waals surface area contributed by atoms with Crippen LogP contribution < -0.4 is 15.4 Å². The third kappa shape index (κ3) is 3.41. The Hall–Kier alpha value is -2.80. The molecule has 3 aromatic rings. The number of ether oxygens (including phenoxy) is 1. The zero-order chi connectivity index (χ0) is 17.1. The Kier molecular flexibility index (Phi) is 4.52.